The van der Waals surface area contributed by atoms with Crippen LogP contribution in [0.1, 0.15) is 25.0 Å². The summed E-state index contributed by atoms with van der Waals surface area (Å²) >= 11 is 0. The molecule has 0 saturated heterocycles. The van der Waals surface area contributed by atoms with Crippen LogP contribution in [0.2, 0.25) is 0 Å². The van der Waals surface area contributed by atoms with Crippen LogP contribution in [0.4, 0.5) is 0 Å². The van der Waals surface area contributed by atoms with Crippen molar-refractivity contribution in [2.75, 3.05) is 6.54 Å². The number of allylic oxidation sites excluding steroid dienone is 3. The minimum absolute atomic E-state index is 0.727. The van der Waals surface area contributed by atoms with E-state index in [9.17, 15) is 0 Å². The van der Waals surface area contributed by atoms with E-state index in [4.69, 9.17) is 0 Å². The fourth-order valence-electron chi connectivity index (χ4n) is 2.62. The minimum Gasteiger partial charge on any atom is -0.381 e. The lowest BCUT2D eigenvalue weighted by atomic mass is 9.98. The maximum Gasteiger partial charge on any atom is 0.0403 e. The van der Waals surface area contributed by atoms with Crippen LogP contribution in [0.5, 0.6) is 0 Å². The molecule has 2 aromatic carbocycles. The molecule has 2 rings (SSSR count). The Hall–Kier alpha value is -2.54. The first-order valence-electron chi connectivity index (χ1n) is 7.93. The van der Waals surface area contributed by atoms with Crippen molar-refractivity contribution >= 4 is 16.5 Å². The number of benzene rings is 2. The van der Waals surface area contributed by atoms with Gasteiger partial charge < -0.3 is 5.32 Å². The summed E-state index contributed by atoms with van der Waals surface area (Å²) in [5.74, 6) is 0. The monoisotopic (exact) mass is 303 g/mol. The van der Waals surface area contributed by atoms with Gasteiger partial charge in [0.15, 0.2) is 0 Å². The third-order valence-corrected chi connectivity index (χ3v) is 4.05. The van der Waals surface area contributed by atoms with E-state index in [-0.39, 0.29) is 0 Å². The largest absolute Gasteiger partial charge is 0.381 e. The van der Waals surface area contributed by atoms with Gasteiger partial charge in [0.05, 0.1) is 0 Å². The Kier molecular flexibility index (Phi) is 5.59. The van der Waals surface area contributed by atoms with Gasteiger partial charge in [-0.2, -0.15) is 0 Å². The summed E-state index contributed by atoms with van der Waals surface area (Å²) < 4.78 is 0. The number of hydrogen-bond acceptors (Lipinski definition) is 1. The van der Waals surface area contributed by atoms with Crippen LogP contribution in [0.25, 0.3) is 16.5 Å². The first kappa shape index (κ1) is 16.8. The number of hydrogen-bond donors (Lipinski definition) is 1. The molecule has 0 aliphatic heterocycles. The van der Waals surface area contributed by atoms with Gasteiger partial charge in [-0.15, -0.1) is 0 Å². The summed E-state index contributed by atoms with van der Waals surface area (Å²) in [6.45, 7) is 15.2. The maximum atomic E-state index is 4.22. The quantitative estimate of drug-likeness (QED) is 0.666. The fraction of sp³-hybridized carbons (Fsp3) is 0.182. The third-order valence-electron chi connectivity index (χ3n) is 4.05. The number of aryl methyl sites for hydroxylation is 1. The van der Waals surface area contributed by atoms with Gasteiger partial charge >= 0.3 is 0 Å². The molecule has 0 fully saturated rings. The molecule has 0 unspecified atom stereocenters. The molecule has 0 spiro atoms. The average Bonchev–Trinajstić information content (AvgIpc) is 2.55. The highest BCUT2D eigenvalue weighted by Crippen LogP contribution is 2.25. The van der Waals surface area contributed by atoms with Gasteiger partial charge in [-0.25, -0.2) is 0 Å². The van der Waals surface area contributed by atoms with Crippen molar-refractivity contribution in [3.63, 3.8) is 0 Å². The van der Waals surface area contributed by atoms with E-state index in [1.165, 1.54) is 21.9 Å². The highest BCUT2D eigenvalue weighted by Gasteiger charge is 2.07. The summed E-state index contributed by atoms with van der Waals surface area (Å²) in [5.41, 5.74) is 5.62. The highest BCUT2D eigenvalue weighted by atomic mass is 14.9. The molecule has 1 heteroatoms. The van der Waals surface area contributed by atoms with Gasteiger partial charge in [0, 0.05) is 17.8 Å². The lowest BCUT2D eigenvalue weighted by Crippen LogP contribution is -2.16. The minimum atomic E-state index is 0.727. The van der Waals surface area contributed by atoms with Gasteiger partial charge in [-0.1, -0.05) is 73.4 Å². The molecule has 0 bridgehead atoms. The predicted octanol–water partition coefficient (Wildman–Crippen LogP) is 5.79. The summed E-state index contributed by atoms with van der Waals surface area (Å²) in [4.78, 5) is 0. The zero-order valence-corrected chi connectivity index (χ0v) is 14.3. The zero-order chi connectivity index (χ0) is 16.8. The Bertz CT molecular complexity index is 791. The lowest BCUT2D eigenvalue weighted by Gasteiger charge is -2.15. The zero-order valence-electron chi connectivity index (χ0n) is 14.3. The summed E-state index contributed by atoms with van der Waals surface area (Å²) in [7, 11) is 0. The second-order valence-corrected chi connectivity index (χ2v) is 5.79. The SMILES string of the molecule is C=C(C)/C(=C/C=C\C)CNC(=C)c1ccc2ccccc2c1C. The smallest absolute Gasteiger partial charge is 0.0403 e. The Balaban J connectivity index is 2.21. The Morgan fingerprint density at radius 1 is 1.13 bits per heavy atom. The standard InChI is InChI=1S/C22H25N/c1-6-7-10-20(16(2)3)15-23-18(5)21-14-13-19-11-8-9-12-22(19)17(21)4/h6-14,23H,2,5,15H2,1,3-4H3/b7-6-,20-10+. The molecule has 2 aromatic rings. The van der Waals surface area contributed by atoms with Crippen LogP contribution in [0.15, 0.2) is 78.9 Å². The van der Waals surface area contributed by atoms with Crippen molar-refractivity contribution in [2.45, 2.75) is 20.8 Å². The number of nitrogens with one attached hydrogen (secondary N) is 1. The molecule has 1 nitrogen and oxygen atoms in total. The van der Waals surface area contributed by atoms with Crippen molar-refractivity contribution < 1.29 is 0 Å². The molecular weight excluding hydrogens is 278 g/mol. The molecule has 0 atom stereocenters. The summed E-state index contributed by atoms with van der Waals surface area (Å²) in [6.07, 6.45) is 6.15. The van der Waals surface area contributed by atoms with Gasteiger partial charge in [0.25, 0.3) is 0 Å². The van der Waals surface area contributed by atoms with Crippen molar-refractivity contribution in [3.05, 3.63) is 90.1 Å². The van der Waals surface area contributed by atoms with Crippen molar-refractivity contribution in [1.82, 2.24) is 5.32 Å². The molecular formula is C22H25N. The molecule has 23 heavy (non-hydrogen) atoms. The average molecular weight is 303 g/mol. The highest BCUT2D eigenvalue weighted by molar-refractivity contribution is 5.89. The van der Waals surface area contributed by atoms with Crippen LogP contribution >= 0.6 is 0 Å². The van der Waals surface area contributed by atoms with Crippen LogP contribution in [0.3, 0.4) is 0 Å². The normalized spacial score (nSPS) is 11.9. The molecule has 0 amide bonds. The molecule has 0 aromatic heterocycles. The lowest BCUT2D eigenvalue weighted by molar-refractivity contribution is 0.963. The van der Waals surface area contributed by atoms with Crippen LogP contribution < -0.4 is 5.32 Å². The van der Waals surface area contributed by atoms with Gasteiger partial charge in [-0.3, -0.25) is 0 Å². The second kappa shape index (κ2) is 7.64. The fourth-order valence-corrected chi connectivity index (χ4v) is 2.62. The molecule has 118 valence electrons. The molecule has 0 aliphatic carbocycles. The third kappa shape index (κ3) is 4.01. The van der Waals surface area contributed by atoms with E-state index in [1.54, 1.807) is 0 Å². The first-order valence-corrected chi connectivity index (χ1v) is 7.93. The maximum absolute atomic E-state index is 4.22. The van der Waals surface area contributed by atoms with Crippen LogP contribution in [0, 0.1) is 6.92 Å². The van der Waals surface area contributed by atoms with Gasteiger partial charge in [0.1, 0.15) is 0 Å². The number of rotatable bonds is 6. The van der Waals surface area contributed by atoms with Crippen molar-refractivity contribution in [3.8, 4) is 0 Å². The van der Waals surface area contributed by atoms with E-state index in [0.29, 0.717) is 0 Å². The predicted molar refractivity (Wildman–Crippen MR) is 103 cm³/mol. The molecule has 0 radical (unpaired) electrons. The van der Waals surface area contributed by atoms with E-state index >= 15 is 0 Å². The number of fused-ring (bicyclic) bond motifs is 1. The van der Waals surface area contributed by atoms with E-state index < -0.39 is 0 Å². The topological polar surface area (TPSA) is 12.0 Å². The van der Waals surface area contributed by atoms with Crippen LogP contribution in [-0.2, 0) is 0 Å². The molecule has 0 heterocycles. The van der Waals surface area contributed by atoms with Crippen molar-refractivity contribution in [1.29, 1.82) is 0 Å². The van der Waals surface area contributed by atoms with E-state index in [2.05, 4.69) is 67.9 Å². The molecule has 0 aliphatic rings. The second-order valence-electron chi connectivity index (χ2n) is 5.79. The van der Waals surface area contributed by atoms with Gasteiger partial charge in [-0.05, 0) is 42.7 Å². The molecule has 1 N–H and O–H groups in total. The van der Waals surface area contributed by atoms with E-state index in [0.717, 1.165) is 23.4 Å². The first-order chi connectivity index (χ1) is 11.0. The van der Waals surface area contributed by atoms with Gasteiger partial charge in [0.2, 0.25) is 0 Å². The Morgan fingerprint density at radius 3 is 2.57 bits per heavy atom. The summed E-state index contributed by atoms with van der Waals surface area (Å²) in [5, 5.41) is 5.97. The Labute approximate surface area is 139 Å². The Morgan fingerprint density at radius 2 is 1.87 bits per heavy atom. The van der Waals surface area contributed by atoms with E-state index in [1.807, 2.05) is 26.0 Å². The molecule has 0 saturated carbocycles. The summed E-state index contributed by atoms with van der Waals surface area (Å²) in [6, 6.07) is 12.7. The van der Waals surface area contributed by atoms with Crippen molar-refractivity contribution in [2.24, 2.45) is 0 Å². The van der Waals surface area contributed by atoms with Crippen LogP contribution in [-0.4, -0.2) is 6.54 Å².